The third-order valence-electron chi connectivity index (χ3n) is 2.66. The minimum Gasteiger partial charge on any atom is -0.435 e. The topological polar surface area (TPSA) is 52.0 Å². The molecule has 0 aliphatic carbocycles. The lowest BCUT2D eigenvalue weighted by Gasteiger charge is -1.99. The van der Waals surface area contributed by atoms with E-state index in [1.165, 1.54) is 0 Å². The lowest BCUT2D eigenvalue weighted by molar-refractivity contribution is 0.620. The Morgan fingerprint density at radius 3 is 2.53 bits per heavy atom. The number of anilines is 1. The molecule has 19 heavy (non-hydrogen) atoms. The van der Waals surface area contributed by atoms with Gasteiger partial charge in [0.15, 0.2) is 5.58 Å². The van der Waals surface area contributed by atoms with Crippen LogP contribution in [0, 0.1) is 0 Å². The molecule has 2 aromatic carbocycles. The molecule has 0 unspecified atom stereocenters. The SMILES string of the molecule is Nc1ccc(-c2nc3cc(Cl)cc(Cl)c3o2)cc1Cl. The van der Waals surface area contributed by atoms with E-state index >= 15 is 0 Å². The van der Waals surface area contributed by atoms with E-state index in [0.29, 0.717) is 37.7 Å². The molecule has 0 saturated heterocycles. The molecule has 0 atom stereocenters. The number of nitrogens with two attached hydrogens (primary N) is 1. The largest absolute Gasteiger partial charge is 0.435 e. The summed E-state index contributed by atoms with van der Waals surface area (Å²) < 4.78 is 5.63. The molecule has 0 radical (unpaired) electrons. The quantitative estimate of drug-likeness (QED) is 0.640. The molecule has 6 heteroatoms. The van der Waals surface area contributed by atoms with Gasteiger partial charge in [-0.05, 0) is 30.3 Å². The number of rotatable bonds is 1. The molecule has 0 spiro atoms. The molecule has 96 valence electrons. The van der Waals surface area contributed by atoms with Gasteiger partial charge in [0.05, 0.1) is 15.7 Å². The van der Waals surface area contributed by atoms with Crippen LogP contribution in [0.1, 0.15) is 0 Å². The standard InChI is InChI=1S/C13H7Cl3N2O/c14-7-4-9(16)12-11(5-7)18-13(19-12)6-1-2-10(17)8(15)3-6/h1-5H,17H2. The van der Waals surface area contributed by atoms with E-state index in [9.17, 15) is 0 Å². The summed E-state index contributed by atoms with van der Waals surface area (Å²) >= 11 is 18.0. The number of aromatic nitrogens is 1. The molecular formula is C13H7Cl3N2O. The van der Waals surface area contributed by atoms with E-state index in [4.69, 9.17) is 45.0 Å². The number of fused-ring (bicyclic) bond motifs is 1. The van der Waals surface area contributed by atoms with Gasteiger partial charge < -0.3 is 10.2 Å². The summed E-state index contributed by atoms with van der Waals surface area (Å²) in [5.74, 6) is 0.418. The fourth-order valence-electron chi connectivity index (χ4n) is 1.74. The minimum atomic E-state index is 0.418. The molecule has 0 aliphatic heterocycles. The first-order valence-electron chi connectivity index (χ1n) is 5.35. The summed E-state index contributed by atoms with van der Waals surface area (Å²) in [7, 11) is 0. The van der Waals surface area contributed by atoms with Crippen LogP contribution < -0.4 is 5.73 Å². The average molecular weight is 314 g/mol. The van der Waals surface area contributed by atoms with Crippen LogP contribution in [-0.2, 0) is 0 Å². The van der Waals surface area contributed by atoms with Crippen LogP contribution in [0.4, 0.5) is 5.69 Å². The van der Waals surface area contributed by atoms with Gasteiger partial charge in [0.2, 0.25) is 5.89 Å². The van der Waals surface area contributed by atoms with E-state index in [1.807, 2.05) is 0 Å². The third-order valence-corrected chi connectivity index (χ3v) is 3.48. The second kappa shape index (κ2) is 4.60. The van der Waals surface area contributed by atoms with Gasteiger partial charge in [0.25, 0.3) is 0 Å². The Bertz CT molecular complexity index is 783. The van der Waals surface area contributed by atoms with Crippen molar-refractivity contribution in [3.8, 4) is 11.5 Å². The molecule has 0 saturated carbocycles. The summed E-state index contributed by atoms with van der Waals surface area (Å²) in [5, 5.41) is 1.37. The summed E-state index contributed by atoms with van der Waals surface area (Å²) in [4.78, 5) is 4.34. The Balaban J connectivity index is 2.20. The van der Waals surface area contributed by atoms with E-state index in [-0.39, 0.29) is 0 Å². The van der Waals surface area contributed by atoms with Crippen molar-refractivity contribution in [3.63, 3.8) is 0 Å². The van der Waals surface area contributed by atoms with Gasteiger partial charge in [-0.3, -0.25) is 0 Å². The van der Waals surface area contributed by atoms with E-state index in [0.717, 1.165) is 5.56 Å². The number of hydrogen-bond donors (Lipinski definition) is 1. The maximum Gasteiger partial charge on any atom is 0.227 e. The van der Waals surface area contributed by atoms with E-state index < -0.39 is 0 Å². The van der Waals surface area contributed by atoms with Crippen LogP contribution in [0.2, 0.25) is 15.1 Å². The Hall–Kier alpha value is -1.42. The summed E-state index contributed by atoms with van der Waals surface area (Å²) in [6, 6.07) is 8.46. The highest BCUT2D eigenvalue weighted by Crippen LogP contribution is 2.33. The van der Waals surface area contributed by atoms with E-state index in [1.54, 1.807) is 30.3 Å². The first-order chi connectivity index (χ1) is 9.04. The van der Waals surface area contributed by atoms with Crippen molar-refractivity contribution in [1.29, 1.82) is 0 Å². The monoisotopic (exact) mass is 312 g/mol. The molecule has 3 aromatic rings. The fraction of sp³-hybridized carbons (Fsp3) is 0. The summed E-state index contributed by atoms with van der Waals surface area (Å²) in [5.41, 5.74) is 7.98. The second-order valence-corrected chi connectivity index (χ2v) is 5.24. The molecular weight excluding hydrogens is 307 g/mol. The van der Waals surface area contributed by atoms with Gasteiger partial charge >= 0.3 is 0 Å². The van der Waals surface area contributed by atoms with Gasteiger partial charge in [-0.25, -0.2) is 4.98 Å². The summed E-state index contributed by atoms with van der Waals surface area (Å²) in [6.07, 6.45) is 0. The number of benzene rings is 2. The maximum atomic E-state index is 6.06. The van der Waals surface area contributed by atoms with Crippen molar-refractivity contribution in [3.05, 3.63) is 45.4 Å². The highest BCUT2D eigenvalue weighted by molar-refractivity contribution is 6.38. The molecule has 0 bridgehead atoms. The van der Waals surface area contributed by atoms with Crippen LogP contribution in [-0.4, -0.2) is 4.98 Å². The molecule has 2 N–H and O–H groups in total. The number of halogens is 3. The Morgan fingerprint density at radius 1 is 1.00 bits per heavy atom. The van der Waals surface area contributed by atoms with Crippen molar-refractivity contribution < 1.29 is 4.42 Å². The first kappa shape index (κ1) is 12.6. The highest BCUT2D eigenvalue weighted by Gasteiger charge is 2.12. The number of hydrogen-bond acceptors (Lipinski definition) is 3. The number of nitrogen functional groups attached to an aromatic ring is 1. The molecule has 0 amide bonds. The Labute approximate surface area is 123 Å². The zero-order valence-corrected chi connectivity index (χ0v) is 11.7. The van der Waals surface area contributed by atoms with Crippen LogP contribution >= 0.6 is 34.8 Å². The Kier molecular flexibility index (Phi) is 3.05. The fourth-order valence-corrected chi connectivity index (χ4v) is 2.45. The zero-order chi connectivity index (χ0) is 13.6. The first-order valence-corrected chi connectivity index (χ1v) is 6.49. The van der Waals surface area contributed by atoms with Crippen LogP contribution in [0.15, 0.2) is 34.7 Å². The number of nitrogens with zero attached hydrogens (tertiary/aromatic N) is 1. The van der Waals surface area contributed by atoms with Crippen molar-refractivity contribution in [2.75, 3.05) is 5.73 Å². The normalized spacial score (nSPS) is 11.1. The minimum absolute atomic E-state index is 0.418. The maximum absolute atomic E-state index is 6.06. The van der Waals surface area contributed by atoms with Gasteiger partial charge in [-0.2, -0.15) is 0 Å². The van der Waals surface area contributed by atoms with Crippen molar-refractivity contribution in [2.24, 2.45) is 0 Å². The molecule has 1 aromatic heterocycles. The van der Waals surface area contributed by atoms with E-state index in [2.05, 4.69) is 4.98 Å². The van der Waals surface area contributed by atoms with Crippen molar-refractivity contribution >= 4 is 51.6 Å². The van der Waals surface area contributed by atoms with Crippen molar-refractivity contribution in [2.45, 2.75) is 0 Å². The predicted octanol–water partition coefficient (Wildman–Crippen LogP) is 5.04. The lowest BCUT2D eigenvalue weighted by Crippen LogP contribution is -1.86. The highest BCUT2D eigenvalue weighted by atomic mass is 35.5. The smallest absolute Gasteiger partial charge is 0.227 e. The van der Waals surface area contributed by atoms with Crippen LogP contribution in [0.25, 0.3) is 22.6 Å². The molecule has 0 fully saturated rings. The predicted molar refractivity (Wildman–Crippen MR) is 78.9 cm³/mol. The molecule has 3 nitrogen and oxygen atoms in total. The molecule has 3 rings (SSSR count). The Morgan fingerprint density at radius 2 is 1.79 bits per heavy atom. The van der Waals surface area contributed by atoms with Crippen molar-refractivity contribution in [1.82, 2.24) is 4.98 Å². The third kappa shape index (κ3) is 2.25. The average Bonchev–Trinajstić information content (AvgIpc) is 2.76. The molecule has 1 heterocycles. The summed E-state index contributed by atoms with van der Waals surface area (Å²) in [6.45, 7) is 0. The lowest BCUT2D eigenvalue weighted by atomic mass is 10.2. The van der Waals surface area contributed by atoms with Gasteiger partial charge in [0, 0.05) is 10.6 Å². The van der Waals surface area contributed by atoms with Gasteiger partial charge in [0.1, 0.15) is 5.52 Å². The van der Waals surface area contributed by atoms with Crippen LogP contribution in [0.3, 0.4) is 0 Å². The van der Waals surface area contributed by atoms with Gasteiger partial charge in [-0.15, -0.1) is 0 Å². The van der Waals surface area contributed by atoms with Crippen LogP contribution in [0.5, 0.6) is 0 Å². The molecule has 0 aliphatic rings. The second-order valence-electron chi connectivity index (χ2n) is 3.99. The van der Waals surface area contributed by atoms with Gasteiger partial charge in [-0.1, -0.05) is 34.8 Å². The number of oxazole rings is 1. The zero-order valence-electron chi connectivity index (χ0n) is 9.45.